The summed E-state index contributed by atoms with van der Waals surface area (Å²) in [6.45, 7) is 1.79. The lowest BCUT2D eigenvalue weighted by atomic mass is 10.2. The molecule has 6 heteroatoms. The summed E-state index contributed by atoms with van der Waals surface area (Å²) in [6, 6.07) is 8.91. The minimum Gasteiger partial charge on any atom is -0.346 e. The van der Waals surface area contributed by atoms with Crippen molar-refractivity contribution in [2.75, 3.05) is 0 Å². The third-order valence-corrected chi connectivity index (χ3v) is 2.33. The van der Waals surface area contributed by atoms with Crippen molar-refractivity contribution in [2.24, 2.45) is 5.73 Å². The molecule has 1 aromatic carbocycles. The van der Waals surface area contributed by atoms with Crippen LogP contribution >= 0.6 is 0 Å². The molecule has 2 aromatic rings. The molecule has 0 aliphatic carbocycles. The topological polar surface area (TPSA) is 94.0 Å². The molecule has 3 N–H and O–H groups in total. The first-order chi connectivity index (χ1) is 8.66. The fraction of sp³-hybridized carbons (Fsp3) is 0.250. The van der Waals surface area contributed by atoms with E-state index in [0.29, 0.717) is 11.7 Å². The monoisotopic (exact) mass is 246 g/mol. The number of carbonyl (C=O) groups excluding carboxylic acids is 1. The van der Waals surface area contributed by atoms with Crippen molar-refractivity contribution in [3.05, 3.63) is 36.2 Å². The van der Waals surface area contributed by atoms with E-state index >= 15 is 0 Å². The van der Waals surface area contributed by atoms with Crippen LogP contribution in [-0.4, -0.2) is 22.1 Å². The summed E-state index contributed by atoms with van der Waals surface area (Å²) in [4.78, 5) is 15.4. The lowest BCUT2D eigenvalue weighted by Crippen LogP contribution is -2.37. The highest BCUT2D eigenvalue weighted by molar-refractivity contribution is 5.80. The van der Waals surface area contributed by atoms with E-state index in [1.165, 1.54) is 0 Å². The molecule has 0 unspecified atom stereocenters. The number of benzene rings is 1. The van der Waals surface area contributed by atoms with E-state index in [1.54, 1.807) is 6.92 Å². The van der Waals surface area contributed by atoms with E-state index < -0.39 is 6.04 Å². The maximum absolute atomic E-state index is 11.3. The average Bonchev–Trinajstić information content (AvgIpc) is 2.85. The Labute approximate surface area is 104 Å². The second-order valence-corrected chi connectivity index (χ2v) is 3.88. The zero-order chi connectivity index (χ0) is 13.0. The Kier molecular flexibility index (Phi) is 3.69. The van der Waals surface area contributed by atoms with Crippen molar-refractivity contribution < 1.29 is 9.32 Å². The normalized spacial score (nSPS) is 12.1. The molecule has 0 radical (unpaired) electrons. The molecule has 0 aliphatic heterocycles. The van der Waals surface area contributed by atoms with Gasteiger partial charge in [0, 0.05) is 5.56 Å². The van der Waals surface area contributed by atoms with Crippen LogP contribution in [0.2, 0.25) is 0 Å². The fourth-order valence-corrected chi connectivity index (χ4v) is 1.35. The van der Waals surface area contributed by atoms with Crippen LogP contribution in [0.4, 0.5) is 0 Å². The molecule has 1 atom stereocenters. The van der Waals surface area contributed by atoms with Gasteiger partial charge in [0.2, 0.25) is 17.6 Å². The number of aromatic nitrogens is 2. The number of rotatable bonds is 4. The van der Waals surface area contributed by atoms with E-state index in [-0.39, 0.29) is 12.5 Å². The molecule has 0 saturated carbocycles. The Morgan fingerprint density at radius 1 is 1.44 bits per heavy atom. The van der Waals surface area contributed by atoms with Gasteiger partial charge in [-0.15, -0.1) is 0 Å². The Morgan fingerprint density at radius 3 is 2.83 bits per heavy atom. The minimum atomic E-state index is -0.554. The van der Waals surface area contributed by atoms with Gasteiger partial charge in [-0.1, -0.05) is 35.5 Å². The number of nitrogens with zero attached hydrogens (tertiary/aromatic N) is 2. The Hall–Kier alpha value is -2.21. The van der Waals surface area contributed by atoms with Crippen LogP contribution in [0, 0.1) is 0 Å². The third kappa shape index (κ3) is 2.92. The number of hydrogen-bond acceptors (Lipinski definition) is 5. The van der Waals surface area contributed by atoms with Gasteiger partial charge in [-0.05, 0) is 6.92 Å². The second-order valence-electron chi connectivity index (χ2n) is 3.88. The molecular formula is C12H14N4O2. The summed E-state index contributed by atoms with van der Waals surface area (Å²) >= 11 is 0. The molecule has 1 amide bonds. The summed E-state index contributed by atoms with van der Waals surface area (Å²) < 4.78 is 5.03. The third-order valence-electron chi connectivity index (χ3n) is 2.33. The van der Waals surface area contributed by atoms with Crippen molar-refractivity contribution >= 4 is 5.91 Å². The summed E-state index contributed by atoms with van der Waals surface area (Å²) in [5, 5.41) is 6.44. The van der Waals surface area contributed by atoms with Crippen molar-refractivity contribution in [2.45, 2.75) is 19.5 Å². The average molecular weight is 246 g/mol. The number of hydrogen-bond donors (Lipinski definition) is 2. The summed E-state index contributed by atoms with van der Waals surface area (Å²) in [6.07, 6.45) is 0. The molecule has 1 aromatic heterocycles. The number of amides is 1. The van der Waals surface area contributed by atoms with Crippen LogP contribution in [0.1, 0.15) is 12.8 Å². The number of nitrogens with one attached hydrogen (secondary N) is 1. The predicted octanol–water partition coefficient (Wildman–Crippen LogP) is 0.700. The van der Waals surface area contributed by atoms with Crippen LogP contribution in [0.3, 0.4) is 0 Å². The second kappa shape index (κ2) is 5.42. The molecule has 0 spiro atoms. The minimum absolute atomic E-state index is 0.181. The molecule has 1 heterocycles. The van der Waals surface area contributed by atoms with Gasteiger partial charge >= 0.3 is 0 Å². The maximum atomic E-state index is 11.3. The predicted molar refractivity (Wildman–Crippen MR) is 65.2 cm³/mol. The largest absolute Gasteiger partial charge is 0.346 e. The van der Waals surface area contributed by atoms with Gasteiger partial charge in [-0.3, -0.25) is 4.79 Å². The first-order valence-electron chi connectivity index (χ1n) is 5.58. The molecule has 18 heavy (non-hydrogen) atoms. The SMILES string of the molecule is C[C@H](N)C(=O)NCc1nc(-c2ccccc2)no1. The van der Waals surface area contributed by atoms with Gasteiger partial charge < -0.3 is 15.6 Å². The summed E-state index contributed by atoms with van der Waals surface area (Å²) in [7, 11) is 0. The Bertz CT molecular complexity index is 522. The number of nitrogens with two attached hydrogens (primary N) is 1. The van der Waals surface area contributed by atoms with Crippen LogP contribution in [-0.2, 0) is 11.3 Å². The van der Waals surface area contributed by atoms with Crippen LogP contribution in [0.15, 0.2) is 34.9 Å². The smallest absolute Gasteiger partial charge is 0.246 e. The first-order valence-corrected chi connectivity index (χ1v) is 5.58. The van der Waals surface area contributed by atoms with Crippen molar-refractivity contribution in [3.8, 4) is 11.4 Å². The van der Waals surface area contributed by atoms with Gasteiger partial charge in [0.05, 0.1) is 12.6 Å². The van der Waals surface area contributed by atoms with E-state index in [0.717, 1.165) is 5.56 Å². The molecule has 0 fully saturated rings. The first kappa shape index (κ1) is 12.3. The highest BCUT2D eigenvalue weighted by Crippen LogP contribution is 2.14. The molecule has 2 rings (SSSR count). The van der Waals surface area contributed by atoms with Gasteiger partial charge in [-0.2, -0.15) is 4.98 Å². The van der Waals surface area contributed by atoms with E-state index in [9.17, 15) is 4.79 Å². The quantitative estimate of drug-likeness (QED) is 0.828. The zero-order valence-corrected chi connectivity index (χ0v) is 9.96. The maximum Gasteiger partial charge on any atom is 0.246 e. The lowest BCUT2D eigenvalue weighted by Gasteiger charge is -2.03. The molecule has 0 bridgehead atoms. The van der Waals surface area contributed by atoms with Gasteiger partial charge in [0.25, 0.3) is 0 Å². The Morgan fingerprint density at radius 2 is 2.17 bits per heavy atom. The van der Waals surface area contributed by atoms with Gasteiger partial charge in [0.1, 0.15) is 0 Å². The number of carbonyl (C=O) groups is 1. The van der Waals surface area contributed by atoms with Gasteiger partial charge in [-0.25, -0.2) is 0 Å². The van der Waals surface area contributed by atoms with E-state index in [1.807, 2.05) is 30.3 Å². The molecule has 0 aliphatic rings. The summed E-state index contributed by atoms with van der Waals surface area (Å²) in [5.74, 6) is 0.595. The van der Waals surface area contributed by atoms with E-state index in [2.05, 4.69) is 15.5 Å². The standard InChI is InChI=1S/C12H14N4O2/c1-8(13)12(17)14-7-10-15-11(16-18-10)9-5-3-2-4-6-9/h2-6,8H,7,13H2,1H3,(H,14,17)/t8-/m0/s1. The molecular weight excluding hydrogens is 232 g/mol. The van der Waals surface area contributed by atoms with Crippen LogP contribution < -0.4 is 11.1 Å². The fourth-order valence-electron chi connectivity index (χ4n) is 1.35. The van der Waals surface area contributed by atoms with Crippen LogP contribution in [0.5, 0.6) is 0 Å². The molecule has 6 nitrogen and oxygen atoms in total. The van der Waals surface area contributed by atoms with E-state index in [4.69, 9.17) is 10.3 Å². The molecule has 94 valence electrons. The Balaban J connectivity index is 2.01. The highest BCUT2D eigenvalue weighted by atomic mass is 16.5. The zero-order valence-electron chi connectivity index (χ0n) is 9.96. The molecule has 0 saturated heterocycles. The van der Waals surface area contributed by atoms with Crippen molar-refractivity contribution in [1.29, 1.82) is 0 Å². The van der Waals surface area contributed by atoms with Crippen molar-refractivity contribution in [3.63, 3.8) is 0 Å². The van der Waals surface area contributed by atoms with Crippen molar-refractivity contribution in [1.82, 2.24) is 15.5 Å². The van der Waals surface area contributed by atoms with Crippen LogP contribution in [0.25, 0.3) is 11.4 Å². The summed E-state index contributed by atoms with van der Waals surface area (Å²) in [5.41, 5.74) is 6.28. The highest BCUT2D eigenvalue weighted by Gasteiger charge is 2.11. The lowest BCUT2D eigenvalue weighted by molar-refractivity contribution is -0.122. The van der Waals surface area contributed by atoms with Gasteiger partial charge in [0.15, 0.2) is 0 Å².